The first kappa shape index (κ1) is 18.8. The van der Waals surface area contributed by atoms with Gasteiger partial charge in [0.15, 0.2) is 5.78 Å². The van der Waals surface area contributed by atoms with Crippen molar-refractivity contribution in [3.8, 4) is 0 Å². The van der Waals surface area contributed by atoms with Gasteiger partial charge in [-0.25, -0.2) is 4.98 Å². The zero-order valence-electron chi connectivity index (χ0n) is 14.7. The first-order chi connectivity index (χ1) is 12.9. The Kier molecular flexibility index (Phi) is 5.66. The summed E-state index contributed by atoms with van der Waals surface area (Å²) in [5.41, 5.74) is 1.09. The molecular formula is C20H18ClN3O3. The van der Waals surface area contributed by atoms with Gasteiger partial charge >= 0.3 is 0 Å². The normalized spacial score (nSPS) is 11.9. The van der Waals surface area contributed by atoms with Gasteiger partial charge < -0.3 is 5.32 Å². The molecule has 1 amide bonds. The largest absolute Gasteiger partial charge is 0.344 e. The van der Waals surface area contributed by atoms with Gasteiger partial charge in [0, 0.05) is 5.02 Å². The van der Waals surface area contributed by atoms with Crippen LogP contribution < -0.4 is 10.9 Å². The van der Waals surface area contributed by atoms with Crippen LogP contribution in [0.5, 0.6) is 0 Å². The summed E-state index contributed by atoms with van der Waals surface area (Å²) < 4.78 is 1.20. The van der Waals surface area contributed by atoms with Crippen LogP contribution in [0.4, 0.5) is 0 Å². The molecule has 1 aromatic heterocycles. The van der Waals surface area contributed by atoms with Crippen molar-refractivity contribution in [2.24, 2.45) is 0 Å². The van der Waals surface area contributed by atoms with E-state index in [1.54, 1.807) is 12.1 Å². The molecule has 2 aromatic carbocycles. The van der Waals surface area contributed by atoms with Gasteiger partial charge in [0.1, 0.15) is 6.54 Å². The predicted molar refractivity (Wildman–Crippen MR) is 104 cm³/mol. The summed E-state index contributed by atoms with van der Waals surface area (Å²) in [4.78, 5) is 41.0. The molecule has 3 aromatic rings. The van der Waals surface area contributed by atoms with E-state index in [1.165, 1.54) is 23.9 Å². The summed E-state index contributed by atoms with van der Waals surface area (Å²) in [6.45, 7) is 1.20. The molecule has 0 saturated heterocycles. The number of carbonyl (C=O) groups is 2. The zero-order chi connectivity index (χ0) is 19.4. The summed E-state index contributed by atoms with van der Waals surface area (Å²) in [5, 5.41) is 3.46. The Morgan fingerprint density at radius 3 is 2.63 bits per heavy atom. The number of fused-ring (bicyclic) bond motifs is 1. The Labute approximate surface area is 160 Å². The first-order valence-electron chi connectivity index (χ1n) is 8.42. The minimum Gasteiger partial charge on any atom is -0.344 e. The minimum atomic E-state index is -0.654. The number of hydrogen-bond acceptors (Lipinski definition) is 4. The highest BCUT2D eigenvalue weighted by atomic mass is 35.5. The molecule has 1 heterocycles. The minimum absolute atomic E-state index is 0.150. The summed E-state index contributed by atoms with van der Waals surface area (Å²) in [5.74, 6) is -0.584. The topological polar surface area (TPSA) is 81.1 Å². The average Bonchev–Trinajstić information content (AvgIpc) is 2.65. The third-order valence-corrected chi connectivity index (χ3v) is 4.44. The van der Waals surface area contributed by atoms with E-state index in [1.807, 2.05) is 30.3 Å². The number of halogens is 1. The average molecular weight is 384 g/mol. The first-order valence-corrected chi connectivity index (χ1v) is 8.80. The van der Waals surface area contributed by atoms with Crippen molar-refractivity contribution >= 4 is 34.2 Å². The highest BCUT2D eigenvalue weighted by Crippen LogP contribution is 2.14. The standard InChI is InChI=1S/C20H18ClN3O3/c1-13(25)18(9-14-5-3-2-4-6-14)23-19(26)11-24-12-22-17-8-7-15(21)10-16(17)20(24)27/h2-8,10,12,18H,9,11H2,1H3,(H,23,26). The molecule has 6 nitrogen and oxygen atoms in total. The Bertz CT molecular complexity index is 1050. The number of nitrogens with zero attached hydrogens (tertiary/aromatic N) is 2. The molecule has 7 heteroatoms. The molecule has 0 saturated carbocycles. The van der Waals surface area contributed by atoms with E-state index in [9.17, 15) is 14.4 Å². The second-order valence-electron chi connectivity index (χ2n) is 6.26. The third-order valence-electron chi connectivity index (χ3n) is 4.21. The number of ketones is 1. The maximum atomic E-state index is 12.5. The van der Waals surface area contributed by atoms with Gasteiger partial charge in [-0.2, -0.15) is 0 Å². The van der Waals surface area contributed by atoms with Crippen molar-refractivity contribution in [2.75, 3.05) is 0 Å². The van der Waals surface area contributed by atoms with E-state index in [2.05, 4.69) is 10.3 Å². The Morgan fingerprint density at radius 2 is 1.93 bits per heavy atom. The van der Waals surface area contributed by atoms with Crippen molar-refractivity contribution in [3.05, 3.63) is 75.8 Å². The molecule has 1 N–H and O–H groups in total. The maximum absolute atomic E-state index is 12.5. The van der Waals surface area contributed by atoms with Gasteiger partial charge in [0.05, 0.1) is 23.3 Å². The van der Waals surface area contributed by atoms with E-state index in [0.29, 0.717) is 22.3 Å². The van der Waals surface area contributed by atoms with Crippen LogP contribution in [0.3, 0.4) is 0 Å². The second kappa shape index (κ2) is 8.14. The number of benzene rings is 2. The van der Waals surface area contributed by atoms with Crippen molar-refractivity contribution in [3.63, 3.8) is 0 Å². The Hall–Kier alpha value is -2.99. The molecule has 1 unspecified atom stereocenters. The number of Topliss-reactive ketones (excluding diaryl/α,β-unsaturated/α-hetero) is 1. The van der Waals surface area contributed by atoms with E-state index in [4.69, 9.17) is 11.6 Å². The summed E-state index contributed by atoms with van der Waals surface area (Å²) in [7, 11) is 0. The molecule has 3 rings (SSSR count). The van der Waals surface area contributed by atoms with Crippen LogP contribution in [0.1, 0.15) is 12.5 Å². The maximum Gasteiger partial charge on any atom is 0.261 e. The van der Waals surface area contributed by atoms with Crippen LogP contribution in [0, 0.1) is 0 Å². The molecule has 0 bridgehead atoms. The molecule has 0 spiro atoms. The summed E-state index contributed by atoms with van der Waals surface area (Å²) in [6, 6.07) is 13.6. The smallest absolute Gasteiger partial charge is 0.261 e. The number of hydrogen-bond donors (Lipinski definition) is 1. The number of amides is 1. The second-order valence-corrected chi connectivity index (χ2v) is 6.70. The molecule has 0 fully saturated rings. The van der Waals surface area contributed by atoms with E-state index in [-0.39, 0.29) is 17.9 Å². The number of nitrogens with one attached hydrogen (secondary N) is 1. The fourth-order valence-corrected chi connectivity index (χ4v) is 2.96. The Morgan fingerprint density at radius 1 is 1.19 bits per heavy atom. The van der Waals surface area contributed by atoms with E-state index < -0.39 is 11.9 Å². The van der Waals surface area contributed by atoms with Crippen LogP contribution >= 0.6 is 11.6 Å². The lowest BCUT2D eigenvalue weighted by Crippen LogP contribution is -2.43. The lowest BCUT2D eigenvalue weighted by molar-refractivity contribution is -0.127. The van der Waals surface area contributed by atoms with Crippen molar-refractivity contribution in [2.45, 2.75) is 25.9 Å². The van der Waals surface area contributed by atoms with Gasteiger partial charge in [-0.05, 0) is 37.1 Å². The molecule has 0 aliphatic carbocycles. The Balaban J connectivity index is 1.76. The molecule has 0 aliphatic rings. The molecular weight excluding hydrogens is 366 g/mol. The SMILES string of the molecule is CC(=O)C(Cc1ccccc1)NC(=O)Cn1cnc2ccc(Cl)cc2c1=O. The van der Waals surface area contributed by atoms with Crippen LogP contribution in [-0.2, 0) is 22.6 Å². The number of rotatable bonds is 6. The third kappa shape index (κ3) is 4.60. The van der Waals surface area contributed by atoms with E-state index in [0.717, 1.165) is 5.56 Å². The molecule has 1 atom stereocenters. The molecule has 0 aliphatic heterocycles. The molecule has 27 heavy (non-hydrogen) atoms. The van der Waals surface area contributed by atoms with E-state index >= 15 is 0 Å². The summed E-state index contributed by atoms with van der Waals surface area (Å²) in [6.07, 6.45) is 1.71. The number of carbonyl (C=O) groups excluding carboxylic acids is 2. The zero-order valence-corrected chi connectivity index (χ0v) is 15.4. The molecule has 138 valence electrons. The fourth-order valence-electron chi connectivity index (χ4n) is 2.78. The van der Waals surface area contributed by atoms with Gasteiger partial charge in [-0.15, -0.1) is 0 Å². The summed E-state index contributed by atoms with van der Waals surface area (Å²) >= 11 is 5.94. The van der Waals surface area contributed by atoms with Gasteiger partial charge in [0.25, 0.3) is 5.56 Å². The van der Waals surface area contributed by atoms with Gasteiger partial charge in [-0.1, -0.05) is 41.9 Å². The molecule has 0 radical (unpaired) electrons. The highest BCUT2D eigenvalue weighted by Gasteiger charge is 2.18. The van der Waals surface area contributed by atoms with Crippen LogP contribution in [-0.4, -0.2) is 27.3 Å². The number of aromatic nitrogens is 2. The van der Waals surface area contributed by atoms with Gasteiger partial charge in [0.2, 0.25) is 5.91 Å². The monoisotopic (exact) mass is 383 g/mol. The van der Waals surface area contributed by atoms with Crippen molar-refractivity contribution in [1.82, 2.24) is 14.9 Å². The van der Waals surface area contributed by atoms with Crippen molar-refractivity contribution in [1.29, 1.82) is 0 Å². The van der Waals surface area contributed by atoms with Crippen LogP contribution in [0.25, 0.3) is 10.9 Å². The highest BCUT2D eigenvalue weighted by molar-refractivity contribution is 6.31. The lowest BCUT2D eigenvalue weighted by atomic mass is 10.0. The van der Waals surface area contributed by atoms with Crippen LogP contribution in [0.15, 0.2) is 59.7 Å². The van der Waals surface area contributed by atoms with Crippen molar-refractivity contribution < 1.29 is 9.59 Å². The van der Waals surface area contributed by atoms with Crippen LogP contribution in [0.2, 0.25) is 5.02 Å². The lowest BCUT2D eigenvalue weighted by Gasteiger charge is -2.16. The fraction of sp³-hybridized carbons (Fsp3) is 0.200. The van der Waals surface area contributed by atoms with Gasteiger partial charge in [-0.3, -0.25) is 19.0 Å². The predicted octanol–water partition coefficient (Wildman–Crippen LogP) is 2.37. The quantitative estimate of drug-likeness (QED) is 0.708.